The summed E-state index contributed by atoms with van der Waals surface area (Å²) in [6.07, 6.45) is 21.6. The first-order valence-electron chi connectivity index (χ1n) is 10.4. The molecule has 146 valence electrons. The Labute approximate surface area is 152 Å². The highest BCUT2D eigenvalue weighted by molar-refractivity contribution is 7.39. The molecule has 0 heterocycles. The van der Waals surface area contributed by atoms with Gasteiger partial charge in [-0.1, -0.05) is 110 Å². The first-order chi connectivity index (χ1) is 11.6. The number of hydrogen-bond acceptors (Lipinski definition) is 3. The van der Waals surface area contributed by atoms with Crippen molar-refractivity contribution in [3.63, 3.8) is 0 Å². The topological polar surface area (TPSA) is 49.7 Å². The molecule has 0 radical (unpaired) electrons. The van der Waals surface area contributed by atoms with Crippen LogP contribution in [-0.2, 0) is 4.52 Å². The van der Waals surface area contributed by atoms with Gasteiger partial charge in [-0.25, -0.2) is 0 Å². The van der Waals surface area contributed by atoms with Crippen molar-refractivity contribution in [2.75, 3.05) is 6.61 Å². The minimum atomic E-state index is -2.15. The zero-order chi connectivity index (χ0) is 17.9. The van der Waals surface area contributed by atoms with Gasteiger partial charge in [0.15, 0.2) is 0 Å². The Morgan fingerprint density at radius 1 is 0.583 bits per heavy atom. The van der Waals surface area contributed by atoms with Crippen molar-refractivity contribution >= 4 is 8.60 Å². The third kappa shape index (κ3) is 22.3. The van der Waals surface area contributed by atoms with Gasteiger partial charge in [0, 0.05) is 0 Å². The molecule has 0 aliphatic carbocycles. The van der Waals surface area contributed by atoms with E-state index in [1.165, 1.54) is 89.9 Å². The van der Waals surface area contributed by atoms with E-state index in [0.29, 0.717) is 6.61 Å². The minimum Gasteiger partial charge on any atom is -0.328 e. The molecular formula is C20H43O3P. The SMILES string of the molecule is CC(C)CCCCCCCCCCCCCCCCCOP(O)O. The molecule has 0 aromatic carbocycles. The molecule has 3 nitrogen and oxygen atoms in total. The highest BCUT2D eigenvalue weighted by Gasteiger charge is 1.98. The van der Waals surface area contributed by atoms with E-state index in [1.54, 1.807) is 0 Å². The zero-order valence-electron chi connectivity index (χ0n) is 16.3. The van der Waals surface area contributed by atoms with Crippen molar-refractivity contribution in [1.29, 1.82) is 0 Å². The van der Waals surface area contributed by atoms with Crippen LogP contribution in [0.25, 0.3) is 0 Å². The smallest absolute Gasteiger partial charge is 0.327 e. The lowest BCUT2D eigenvalue weighted by Gasteiger charge is -2.05. The molecule has 0 rings (SSSR count). The Balaban J connectivity index is 2.98. The molecule has 0 fully saturated rings. The highest BCUT2D eigenvalue weighted by Crippen LogP contribution is 2.24. The van der Waals surface area contributed by atoms with Crippen LogP contribution in [0.4, 0.5) is 0 Å². The van der Waals surface area contributed by atoms with Crippen molar-refractivity contribution in [2.45, 2.75) is 117 Å². The highest BCUT2D eigenvalue weighted by atomic mass is 31.2. The largest absolute Gasteiger partial charge is 0.328 e. The Bertz CT molecular complexity index is 211. The molecule has 0 aliphatic rings. The molecule has 24 heavy (non-hydrogen) atoms. The van der Waals surface area contributed by atoms with Crippen LogP contribution in [0.2, 0.25) is 0 Å². The molecule has 0 aliphatic heterocycles. The lowest BCUT2D eigenvalue weighted by molar-refractivity contribution is 0.248. The molecule has 0 saturated carbocycles. The maximum absolute atomic E-state index is 8.59. The number of unbranched alkanes of at least 4 members (excludes halogenated alkanes) is 14. The lowest BCUT2D eigenvalue weighted by atomic mass is 10.0. The Morgan fingerprint density at radius 3 is 1.25 bits per heavy atom. The van der Waals surface area contributed by atoms with Gasteiger partial charge in [-0.15, -0.1) is 0 Å². The quantitative estimate of drug-likeness (QED) is 0.190. The first-order valence-corrected chi connectivity index (χ1v) is 11.6. The predicted octanol–water partition coefficient (Wildman–Crippen LogP) is 7.11. The fourth-order valence-corrected chi connectivity index (χ4v) is 3.39. The lowest BCUT2D eigenvalue weighted by Crippen LogP contribution is -1.89. The predicted molar refractivity (Wildman–Crippen MR) is 106 cm³/mol. The van der Waals surface area contributed by atoms with Crippen LogP contribution in [0.1, 0.15) is 117 Å². The van der Waals surface area contributed by atoms with E-state index in [2.05, 4.69) is 13.8 Å². The summed E-state index contributed by atoms with van der Waals surface area (Å²) in [6.45, 7) is 5.12. The van der Waals surface area contributed by atoms with Crippen LogP contribution in [0.15, 0.2) is 0 Å². The molecule has 0 atom stereocenters. The summed E-state index contributed by atoms with van der Waals surface area (Å²) in [5.41, 5.74) is 0. The standard InChI is InChI=1S/C20H43O3P/c1-20(2)18-16-14-12-10-8-6-4-3-5-7-9-11-13-15-17-19-23-24(21)22/h20-22H,3-19H2,1-2H3. The van der Waals surface area contributed by atoms with E-state index in [-0.39, 0.29) is 0 Å². The second-order valence-electron chi connectivity index (χ2n) is 7.57. The molecule has 0 amide bonds. The van der Waals surface area contributed by atoms with Crippen LogP contribution in [0.5, 0.6) is 0 Å². The average Bonchev–Trinajstić information content (AvgIpc) is 2.53. The normalized spacial score (nSPS) is 11.8. The van der Waals surface area contributed by atoms with E-state index in [9.17, 15) is 0 Å². The summed E-state index contributed by atoms with van der Waals surface area (Å²) in [5, 5.41) is 0. The van der Waals surface area contributed by atoms with Gasteiger partial charge in [0.2, 0.25) is 0 Å². The van der Waals surface area contributed by atoms with Gasteiger partial charge in [-0.05, 0) is 12.3 Å². The van der Waals surface area contributed by atoms with Gasteiger partial charge < -0.3 is 14.3 Å². The average molecular weight is 363 g/mol. The van der Waals surface area contributed by atoms with E-state index < -0.39 is 8.60 Å². The molecule has 0 saturated heterocycles. The number of rotatable bonds is 19. The third-order valence-corrected chi connectivity index (χ3v) is 5.05. The van der Waals surface area contributed by atoms with E-state index >= 15 is 0 Å². The van der Waals surface area contributed by atoms with E-state index in [1.807, 2.05) is 0 Å². The molecule has 0 spiro atoms. The second-order valence-corrected chi connectivity index (χ2v) is 8.34. The second kappa shape index (κ2) is 19.6. The van der Waals surface area contributed by atoms with Gasteiger partial charge >= 0.3 is 8.60 Å². The number of hydrogen-bond donors (Lipinski definition) is 2. The Hall–Kier alpha value is 0.310. The molecular weight excluding hydrogens is 319 g/mol. The van der Waals surface area contributed by atoms with Crippen molar-refractivity contribution < 1.29 is 14.3 Å². The summed E-state index contributed by atoms with van der Waals surface area (Å²) in [7, 11) is -2.15. The first kappa shape index (κ1) is 24.3. The van der Waals surface area contributed by atoms with Gasteiger partial charge in [-0.2, -0.15) is 0 Å². The molecule has 4 heteroatoms. The molecule has 0 aromatic heterocycles. The summed E-state index contributed by atoms with van der Waals surface area (Å²) in [5.74, 6) is 0.875. The third-order valence-electron chi connectivity index (χ3n) is 4.63. The Morgan fingerprint density at radius 2 is 0.917 bits per heavy atom. The van der Waals surface area contributed by atoms with Crippen LogP contribution in [0, 0.1) is 5.92 Å². The fraction of sp³-hybridized carbons (Fsp3) is 1.00. The van der Waals surface area contributed by atoms with Crippen molar-refractivity contribution in [3.8, 4) is 0 Å². The van der Waals surface area contributed by atoms with Gasteiger partial charge in [0.25, 0.3) is 0 Å². The molecule has 2 N–H and O–H groups in total. The maximum Gasteiger partial charge on any atom is 0.327 e. The van der Waals surface area contributed by atoms with Crippen molar-refractivity contribution in [2.24, 2.45) is 5.92 Å². The maximum atomic E-state index is 8.59. The van der Waals surface area contributed by atoms with Crippen LogP contribution < -0.4 is 0 Å². The summed E-state index contributed by atoms with van der Waals surface area (Å²) < 4.78 is 4.75. The van der Waals surface area contributed by atoms with Crippen LogP contribution in [-0.4, -0.2) is 16.4 Å². The summed E-state index contributed by atoms with van der Waals surface area (Å²) in [6, 6.07) is 0. The van der Waals surface area contributed by atoms with Gasteiger partial charge in [0.05, 0.1) is 6.61 Å². The zero-order valence-corrected chi connectivity index (χ0v) is 17.2. The fourth-order valence-electron chi connectivity index (χ4n) is 3.10. The molecule has 0 aromatic rings. The van der Waals surface area contributed by atoms with E-state index in [4.69, 9.17) is 14.3 Å². The summed E-state index contributed by atoms with van der Waals surface area (Å²) in [4.78, 5) is 17.2. The summed E-state index contributed by atoms with van der Waals surface area (Å²) >= 11 is 0. The van der Waals surface area contributed by atoms with E-state index in [0.717, 1.165) is 18.8 Å². The monoisotopic (exact) mass is 362 g/mol. The van der Waals surface area contributed by atoms with Crippen molar-refractivity contribution in [1.82, 2.24) is 0 Å². The van der Waals surface area contributed by atoms with Crippen molar-refractivity contribution in [3.05, 3.63) is 0 Å². The van der Waals surface area contributed by atoms with Gasteiger partial charge in [0.1, 0.15) is 0 Å². The van der Waals surface area contributed by atoms with Gasteiger partial charge in [-0.3, -0.25) is 0 Å². The minimum absolute atomic E-state index is 0.483. The van der Waals surface area contributed by atoms with Crippen LogP contribution in [0.3, 0.4) is 0 Å². The molecule has 0 unspecified atom stereocenters. The molecule has 0 bridgehead atoms. The Kier molecular flexibility index (Phi) is 19.9. The van der Waals surface area contributed by atoms with Crippen LogP contribution >= 0.6 is 8.60 Å².